The third-order valence-corrected chi connectivity index (χ3v) is 2.32. The van der Waals surface area contributed by atoms with E-state index in [-0.39, 0.29) is 24.4 Å². The fourth-order valence-electron chi connectivity index (χ4n) is 1.42. The van der Waals surface area contributed by atoms with Gasteiger partial charge in [0.05, 0.1) is 6.33 Å². The number of rotatable bonds is 5. The molecule has 0 saturated heterocycles. The summed E-state index contributed by atoms with van der Waals surface area (Å²) in [6.07, 6.45) is 1.39. The number of aryl methyl sites for hydroxylation is 1. The number of carbonyl (C=O) groups excluding carboxylic acids is 3. The predicted molar refractivity (Wildman–Crippen MR) is 62.8 cm³/mol. The number of nitrogens with zero attached hydrogens (tertiary/aromatic N) is 2. The number of aromatic nitrogens is 2. The van der Waals surface area contributed by atoms with Gasteiger partial charge in [0, 0.05) is 27.1 Å². The Labute approximate surface area is 104 Å². The first kappa shape index (κ1) is 13.7. The third-order valence-electron chi connectivity index (χ3n) is 2.32. The highest BCUT2D eigenvalue weighted by Gasteiger charge is 2.22. The van der Waals surface area contributed by atoms with Crippen LogP contribution in [0.25, 0.3) is 0 Å². The summed E-state index contributed by atoms with van der Waals surface area (Å²) >= 11 is 0. The predicted octanol–water partition coefficient (Wildman–Crippen LogP) is -1.52. The molecule has 0 aliphatic heterocycles. The van der Waals surface area contributed by atoms with Crippen LogP contribution in [0.5, 0.6) is 0 Å². The molecule has 8 nitrogen and oxygen atoms in total. The summed E-state index contributed by atoms with van der Waals surface area (Å²) in [5.41, 5.74) is 5.16. The number of imidazole rings is 1. The smallest absolute Gasteiger partial charge is 0.272 e. The van der Waals surface area contributed by atoms with Gasteiger partial charge in [-0.15, -0.1) is 0 Å². The molecule has 0 bridgehead atoms. The molecule has 1 aromatic rings. The molecule has 0 spiro atoms. The summed E-state index contributed by atoms with van der Waals surface area (Å²) in [4.78, 5) is 37.9. The van der Waals surface area contributed by atoms with Crippen molar-refractivity contribution in [2.45, 2.75) is 13.0 Å². The summed E-state index contributed by atoms with van der Waals surface area (Å²) in [7, 11) is 2.89. The normalized spacial score (nSPS) is 9.89. The standard InChI is InChI=1S/C10H15N5O3/c1-12-9(17)7-8(10(18)13-2)15(5-14-7)4-3-6(11)16/h5H,3-4H2,1-2H3,(H2,11,16)(H,12,17)(H,13,18). The number of amides is 3. The largest absolute Gasteiger partial charge is 0.370 e. The molecule has 0 fully saturated rings. The lowest BCUT2D eigenvalue weighted by Crippen LogP contribution is -2.28. The van der Waals surface area contributed by atoms with Crippen LogP contribution in [0.3, 0.4) is 0 Å². The molecule has 0 aliphatic carbocycles. The van der Waals surface area contributed by atoms with E-state index in [0.717, 1.165) is 0 Å². The first-order valence-corrected chi connectivity index (χ1v) is 5.28. The van der Waals surface area contributed by atoms with Gasteiger partial charge in [0.25, 0.3) is 11.8 Å². The van der Waals surface area contributed by atoms with E-state index in [1.807, 2.05) is 0 Å². The molecule has 0 unspecified atom stereocenters. The van der Waals surface area contributed by atoms with Gasteiger partial charge in [0.2, 0.25) is 5.91 Å². The minimum Gasteiger partial charge on any atom is -0.370 e. The molecule has 18 heavy (non-hydrogen) atoms. The lowest BCUT2D eigenvalue weighted by Gasteiger charge is -2.07. The Bertz CT molecular complexity index is 480. The van der Waals surface area contributed by atoms with Gasteiger partial charge >= 0.3 is 0 Å². The highest BCUT2D eigenvalue weighted by molar-refractivity contribution is 6.04. The maximum absolute atomic E-state index is 11.7. The quantitative estimate of drug-likeness (QED) is 0.590. The van der Waals surface area contributed by atoms with E-state index in [9.17, 15) is 14.4 Å². The Hall–Kier alpha value is -2.38. The van der Waals surface area contributed by atoms with Gasteiger partial charge < -0.3 is 20.9 Å². The summed E-state index contributed by atoms with van der Waals surface area (Å²) in [6, 6.07) is 0. The number of hydrogen-bond donors (Lipinski definition) is 3. The molecular formula is C10H15N5O3. The van der Waals surface area contributed by atoms with Gasteiger partial charge in [0.15, 0.2) is 5.69 Å². The fourth-order valence-corrected chi connectivity index (χ4v) is 1.42. The molecule has 1 heterocycles. The van der Waals surface area contributed by atoms with Crippen molar-refractivity contribution in [2.75, 3.05) is 14.1 Å². The van der Waals surface area contributed by atoms with Gasteiger partial charge in [-0.25, -0.2) is 4.98 Å². The molecule has 8 heteroatoms. The third kappa shape index (κ3) is 2.84. The maximum Gasteiger partial charge on any atom is 0.272 e. The van der Waals surface area contributed by atoms with E-state index in [2.05, 4.69) is 15.6 Å². The minimum absolute atomic E-state index is 0.0151. The van der Waals surface area contributed by atoms with Gasteiger partial charge in [-0.1, -0.05) is 0 Å². The van der Waals surface area contributed by atoms with Crippen molar-refractivity contribution in [3.05, 3.63) is 17.7 Å². The van der Waals surface area contributed by atoms with Gasteiger partial charge in [-0.3, -0.25) is 14.4 Å². The SMILES string of the molecule is CNC(=O)c1ncn(CCC(N)=O)c1C(=O)NC. The van der Waals surface area contributed by atoms with Gasteiger partial charge in [0.1, 0.15) is 5.69 Å². The van der Waals surface area contributed by atoms with Crippen molar-refractivity contribution >= 4 is 17.7 Å². The molecular weight excluding hydrogens is 238 g/mol. The van der Waals surface area contributed by atoms with E-state index in [1.54, 1.807) is 0 Å². The maximum atomic E-state index is 11.7. The van der Waals surface area contributed by atoms with Crippen molar-refractivity contribution in [2.24, 2.45) is 5.73 Å². The minimum atomic E-state index is -0.493. The summed E-state index contributed by atoms with van der Waals surface area (Å²) in [5.74, 6) is -1.41. The average Bonchev–Trinajstić information content (AvgIpc) is 2.78. The van der Waals surface area contributed by atoms with Crippen LogP contribution >= 0.6 is 0 Å². The second-order valence-corrected chi connectivity index (χ2v) is 3.51. The Balaban J connectivity index is 3.11. The van der Waals surface area contributed by atoms with Gasteiger partial charge in [-0.05, 0) is 0 Å². The second-order valence-electron chi connectivity index (χ2n) is 3.51. The molecule has 3 amide bonds. The van der Waals surface area contributed by atoms with Crippen LogP contribution in [0.4, 0.5) is 0 Å². The lowest BCUT2D eigenvalue weighted by molar-refractivity contribution is -0.118. The summed E-state index contributed by atoms with van der Waals surface area (Å²) < 4.78 is 1.42. The van der Waals surface area contributed by atoms with E-state index < -0.39 is 17.7 Å². The molecule has 0 aromatic carbocycles. The number of nitrogens with one attached hydrogen (secondary N) is 2. The van der Waals surface area contributed by atoms with Crippen LogP contribution < -0.4 is 16.4 Å². The topological polar surface area (TPSA) is 119 Å². The molecule has 0 saturated carbocycles. The van der Waals surface area contributed by atoms with E-state index >= 15 is 0 Å². The first-order valence-electron chi connectivity index (χ1n) is 5.28. The lowest BCUT2D eigenvalue weighted by atomic mass is 10.2. The summed E-state index contributed by atoms with van der Waals surface area (Å²) in [6.45, 7) is 0.197. The first-order chi connectivity index (χ1) is 8.51. The number of carbonyl (C=O) groups is 3. The molecule has 1 aromatic heterocycles. The molecule has 1 rings (SSSR count). The highest BCUT2D eigenvalue weighted by Crippen LogP contribution is 2.08. The zero-order valence-electron chi connectivity index (χ0n) is 10.2. The van der Waals surface area contributed by atoms with E-state index in [1.165, 1.54) is 25.0 Å². The zero-order valence-corrected chi connectivity index (χ0v) is 10.2. The van der Waals surface area contributed by atoms with Crippen LogP contribution in [0.2, 0.25) is 0 Å². The Morgan fingerprint density at radius 3 is 2.39 bits per heavy atom. The fraction of sp³-hybridized carbons (Fsp3) is 0.400. The van der Waals surface area contributed by atoms with Crippen LogP contribution in [-0.2, 0) is 11.3 Å². The number of nitrogens with two attached hydrogens (primary N) is 1. The zero-order chi connectivity index (χ0) is 13.7. The van der Waals surface area contributed by atoms with Crippen LogP contribution in [0.15, 0.2) is 6.33 Å². The van der Waals surface area contributed by atoms with Crippen molar-refractivity contribution < 1.29 is 14.4 Å². The Morgan fingerprint density at radius 1 is 1.28 bits per heavy atom. The molecule has 0 atom stereocenters. The number of hydrogen-bond acceptors (Lipinski definition) is 4. The highest BCUT2D eigenvalue weighted by atomic mass is 16.2. The second kappa shape index (κ2) is 5.80. The van der Waals surface area contributed by atoms with Crippen LogP contribution in [0.1, 0.15) is 27.4 Å². The van der Waals surface area contributed by atoms with Crippen LogP contribution in [-0.4, -0.2) is 41.4 Å². The van der Waals surface area contributed by atoms with E-state index in [4.69, 9.17) is 5.73 Å². The van der Waals surface area contributed by atoms with Crippen molar-refractivity contribution in [3.8, 4) is 0 Å². The van der Waals surface area contributed by atoms with Crippen molar-refractivity contribution in [3.63, 3.8) is 0 Å². The molecule has 98 valence electrons. The average molecular weight is 253 g/mol. The van der Waals surface area contributed by atoms with E-state index in [0.29, 0.717) is 0 Å². The Kier molecular flexibility index (Phi) is 4.41. The van der Waals surface area contributed by atoms with Crippen molar-refractivity contribution in [1.82, 2.24) is 20.2 Å². The van der Waals surface area contributed by atoms with Crippen LogP contribution in [0, 0.1) is 0 Å². The number of primary amides is 1. The summed E-state index contributed by atoms with van der Waals surface area (Å²) in [5, 5.41) is 4.81. The Morgan fingerprint density at radius 2 is 1.89 bits per heavy atom. The monoisotopic (exact) mass is 253 g/mol. The van der Waals surface area contributed by atoms with Crippen molar-refractivity contribution in [1.29, 1.82) is 0 Å². The molecule has 0 radical (unpaired) electrons. The molecule has 0 aliphatic rings. The molecule has 4 N–H and O–H groups in total. The van der Waals surface area contributed by atoms with Gasteiger partial charge in [-0.2, -0.15) is 0 Å².